The molecule has 0 saturated carbocycles. The molecule has 0 bridgehead atoms. The zero-order chi connectivity index (χ0) is 14.7. The van der Waals surface area contributed by atoms with Crippen molar-refractivity contribution in [2.24, 2.45) is 5.84 Å². The van der Waals surface area contributed by atoms with E-state index in [0.29, 0.717) is 0 Å². The molecule has 2 aromatic rings. The number of nitrogens with one attached hydrogen (secondary N) is 1. The predicted molar refractivity (Wildman–Crippen MR) is 77.9 cm³/mol. The Kier molecular flexibility index (Phi) is 4.46. The molecule has 6 nitrogen and oxygen atoms in total. The van der Waals surface area contributed by atoms with Gasteiger partial charge >= 0.3 is 0 Å². The van der Waals surface area contributed by atoms with Crippen LogP contribution in [0.2, 0.25) is 0 Å². The first kappa shape index (κ1) is 14.6. The highest BCUT2D eigenvalue weighted by molar-refractivity contribution is 5.25. The van der Waals surface area contributed by atoms with Crippen molar-refractivity contribution in [3.05, 3.63) is 40.5 Å². The van der Waals surface area contributed by atoms with Gasteiger partial charge in [-0.2, -0.15) is 15.3 Å². The third-order valence-corrected chi connectivity index (χ3v) is 3.41. The molecule has 0 radical (unpaired) electrons. The molecular formula is C14H22N6. The quantitative estimate of drug-likeness (QED) is 0.635. The maximum Gasteiger partial charge on any atom is 0.0648 e. The van der Waals surface area contributed by atoms with Crippen LogP contribution in [0.15, 0.2) is 12.1 Å². The van der Waals surface area contributed by atoms with E-state index in [1.807, 2.05) is 31.5 Å². The minimum absolute atomic E-state index is 0.00519. The SMILES string of the molecule is CCn1nc(C)cc1CC(NN)c1cc(C)nnc1C. The van der Waals surface area contributed by atoms with Crippen molar-refractivity contribution in [2.45, 2.75) is 46.7 Å². The summed E-state index contributed by atoms with van der Waals surface area (Å²) in [7, 11) is 0. The van der Waals surface area contributed by atoms with E-state index in [1.54, 1.807) is 0 Å². The van der Waals surface area contributed by atoms with E-state index < -0.39 is 0 Å². The Bertz CT molecular complexity index is 589. The predicted octanol–water partition coefficient (Wildman–Crippen LogP) is 1.37. The Morgan fingerprint density at radius 1 is 1.20 bits per heavy atom. The van der Waals surface area contributed by atoms with Crippen molar-refractivity contribution in [1.29, 1.82) is 0 Å². The lowest BCUT2D eigenvalue weighted by molar-refractivity contribution is 0.512. The summed E-state index contributed by atoms with van der Waals surface area (Å²) in [5, 5.41) is 12.7. The highest BCUT2D eigenvalue weighted by Gasteiger charge is 2.17. The van der Waals surface area contributed by atoms with Crippen molar-refractivity contribution in [3.63, 3.8) is 0 Å². The van der Waals surface area contributed by atoms with Crippen molar-refractivity contribution in [2.75, 3.05) is 0 Å². The van der Waals surface area contributed by atoms with Crippen LogP contribution in [0.4, 0.5) is 0 Å². The molecule has 0 amide bonds. The molecule has 0 aromatic carbocycles. The van der Waals surface area contributed by atoms with Gasteiger partial charge in [0.1, 0.15) is 0 Å². The van der Waals surface area contributed by atoms with Crippen LogP contribution in [0.5, 0.6) is 0 Å². The van der Waals surface area contributed by atoms with E-state index in [4.69, 9.17) is 5.84 Å². The maximum absolute atomic E-state index is 5.74. The van der Waals surface area contributed by atoms with Crippen LogP contribution in [0.1, 0.15) is 41.3 Å². The van der Waals surface area contributed by atoms with Crippen molar-refractivity contribution >= 4 is 0 Å². The van der Waals surface area contributed by atoms with Crippen LogP contribution < -0.4 is 11.3 Å². The van der Waals surface area contributed by atoms with Gasteiger partial charge in [-0.25, -0.2) is 0 Å². The van der Waals surface area contributed by atoms with Crippen molar-refractivity contribution < 1.29 is 0 Å². The van der Waals surface area contributed by atoms with Gasteiger partial charge in [0.2, 0.25) is 0 Å². The summed E-state index contributed by atoms with van der Waals surface area (Å²) in [6.45, 7) is 8.83. The standard InChI is InChI=1S/C14H22N6/c1-5-20-12(6-10(3)19-20)8-14(16-15)13-7-9(2)17-18-11(13)4/h6-7,14,16H,5,8,15H2,1-4H3. The third kappa shape index (κ3) is 3.02. The second kappa shape index (κ2) is 6.11. The molecule has 0 aliphatic rings. The first-order chi connectivity index (χ1) is 9.55. The summed E-state index contributed by atoms with van der Waals surface area (Å²) in [5.74, 6) is 5.74. The molecule has 1 unspecified atom stereocenters. The Balaban J connectivity index is 2.30. The van der Waals surface area contributed by atoms with Gasteiger partial charge in [-0.3, -0.25) is 16.0 Å². The second-order valence-electron chi connectivity index (χ2n) is 5.04. The van der Waals surface area contributed by atoms with Gasteiger partial charge in [0, 0.05) is 18.7 Å². The molecule has 2 aromatic heterocycles. The third-order valence-electron chi connectivity index (χ3n) is 3.41. The Morgan fingerprint density at radius 3 is 2.60 bits per heavy atom. The Labute approximate surface area is 119 Å². The normalized spacial score (nSPS) is 12.7. The number of aromatic nitrogens is 4. The molecule has 2 rings (SSSR count). The molecule has 6 heteroatoms. The molecule has 2 heterocycles. The number of nitrogens with zero attached hydrogens (tertiary/aromatic N) is 4. The maximum atomic E-state index is 5.74. The fourth-order valence-electron chi connectivity index (χ4n) is 2.43. The molecule has 3 N–H and O–H groups in total. The first-order valence-electron chi connectivity index (χ1n) is 6.85. The largest absolute Gasteiger partial charge is 0.271 e. The number of rotatable bonds is 5. The summed E-state index contributed by atoms with van der Waals surface area (Å²) in [4.78, 5) is 0. The van der Waals surface area contributed by atoms with E-state index in [1.165, 1.54) is 5.69 Å². The minimum Gasteiger partial charge on any atom is -0.271 e. The van der Waals surface area contributed by atoms with Gasteiger partial charge in [-0.05, 0) is 45.4 Å². The molecule has 20 heavy (non-hydrogen) atoms. The van der Waals surface area contributed by atoms with Gasteiger partial charge < -0.3 is 0 Å². The molecular weight excluding hydrogens is 252 g/mol. The summed E-state index contributed by atoms with van der Waals surface area (Å²) < 4.78 is 2.01. The molecule has 1 atom stereocenters. The summed E-state index contributed by atoms with van der Waals surface area (Å²) in [6.07, 6.45) is 0.775. The summed E-state index contributed by atoms with van der Waals surface area (Å²) in [5.41, 5.74) is 7.96. The lowest BCUT2D eigenvalue weighted by Gasteiger charge is -2.18. The molecule has 0 spiro atoms. The molecule has 0 saturated heterocycles. The average molecular weight is 274 g/mol. The second-order valence-corrected chi connectivity index (χ2v) is 5.04. The number of hydrazine groups is 1. The van der Waals surface area contributed by atoms with Crippen LogP contribution >= 0.6 is 0 Å². The molecule has 0 aliphatic carbocycles. The zero-order valence-electron chi connectivity index (χ0n) is 12.5. The lowest BCUT2D eigenvalue weighted by Crippen LogP contribution is -2.31. The van der Waals surface area contributed by atoms with E-state index in [0.717, 1.165) is 35.6 Å². The first-order valence-corrected chi connectivity index (χ1v) is 6.85. The number of hydrogen-bond acceptors (Lipinski definition) is 5. The fraction of sp³-hybridized carbons (Fsp3) is 0.500. The zero-order valence-corrected chi connectivity index (χ0v) is 12.5. The van der Waals surface area contributed by atoms with Crippen LogP contribution in [0, 0.1) is 20.8 Å². The van der Waals surface area contributed by atoms with E-state index >= 15 is 0 Å². The Morgan fingerprint density at radius 2 is 1.95 bits per heavy atom. The lowest BCUT2D eigenvalue weighted by atomic mass is 10.0. The van der Waals surface area contributed by atoms with Gasteiger partial charge in [-0.1, -0.05) is 0 Å². The highest BCUT2D eigenvalue weighted by atomic mass is 15.3. The van der Waals surface area contributed by atoms with E-state index in [2.05, 4.69) is 33.7 Å². The van der Waals surface area contributed by atoms with Gasteiger partial charge in [-0.15, -0.1) is 0 Å². The van der Waals surface area contributed by atoms with Crippen LogP contribution in [-0.2, 0) is 13.0 Å². The van der Waals surface area contributed by atoms with Crippen LogP contribution in [-0.4, -0.2) is 20.0 Å². The summed E-state index contributed by atoms with van der Waals surface area (Å²) in [6, 6.07) is 4.14. The van der Waals surface area contributed by atoms with Gasteiger partial charge in [0.25, 0.3) is 0 Å². The topological polar surface area (TPSA) is 81.7 Å². The smallest absolute Gasteiger partial charge is 0.0648 e. The number of nitrogens with two attached hydrogens (primary N) is 1. The molecule has 0 fully saturated rings. The van der Waals surface area contributed by atoms with Crippen LogP contribution in [0.3, 0.4) is 0 Å². The fourth-order valence-corrected chi connectivity index (χ4v) is 2.43. The average Bonchev–Trinajstić information content (AvgIpc) is 2.79. The molecule has 0 aliphatic heterocycles. The van der Waals surface area contributed by atoms with Gasteiger partial charge in [0.15, 0.2) is 0 Å². The van der Waals surface area contributed by atoms with Crippen molar-refractivity contribution in [3.8, 4) is 0 Å². The highest BCUT2D eigenvalue weighted by Crippen LogP contribution is 2.21. The van der Waals surface area contributed by atoms with E-state index in [-0.39, 0.29) is 6.04 Å². The number of hydrogen-bond donors (Lipinski definition) is 2. The minimum atomic E-state index is 0.00519. The monoisotopic (exact) mass is 274 g/mol. The van der Waals surface area contributed by atoms with Gasteiger partial charge in [0.05, 0.1) is 23.1 Å². The van der Waals surface area contributed by atoms with Crippen molar-refractivity contribution in [1.82, 2.24) is 25.4 Å². The summed E-state index contributed by atoms with van der Waals surface area (Å²) >= 11 is 0. The van der Waals surface area contributed by atoms with Crippen LogP contribution in [0.25, 0.3) is 0 Å². The molecule has 108 valence electrons. The Hall–Kier alpha value is -1.79. The van der Waals surface area contributed by atoms with E-state index in [9.17, 15) is 0 Å². The number of aryl methyl sites for hydroxylation is 4.